The molecule has 0 saturated heterocycles. The van der Waals surface area contributed by atoms with Crippen LogP contribution in [0.2, 0.25) is 5.02 Å². The molecule has 5 heteroatoms. The Hall–Kier alpha value is -2.30. The predicted octanol–water partition coefficient (Wildman–Crippen LogP) is 5.64. The molecule has 3 aromatic rings. The molecule has 26 heavy (non-hydrogen) atoms. The molecule has 0 saturated carbocycles. The van der Waals surface area contributed by atoms with Crippen molar-refractivity contribution < 1.29 is 4.74 Å². The van der Waals surface area contributed by atoms with Gasteiger partial charge in [-0.25, -0.2) is 0 Å². The Labute approximate surface area is 164 Å². The van der Waals surface area contributed by atoms with E-state index in [1.165, 1.54) is 10.9 Å². The second kappa shape index (κ2) is 7.94. The van der Waals surface area contributed by atoms with Crippen LogP contribution in [0.1, 0.15) is 11.1 Å². The van der Waals surface area contributed by atoms with Crippen molar-refractivity contribution in [2.24, 2.45) is 0 Å². The molecule has 3 rings (SSSR count). The number of nitrogens with one attached hydrogen (secondary N) is 1. The number of rotatable bonds is 4. The van der Waals surface area contributed by atoms with Crippen LogP contribution in [0, 0.1) is 6.92 Å². The van der Waals surface area contributed by atoms with Crippen molar-refractivity contribution >= 4 is 45.4 Å². The molecule has 0 fully saturated rings. The molecule has 3 nitrogen and oxygen atoms in total. The topological polar surface area (TPSA) is 24.5 Å². The van der Waals surface area contributed by atoms with Crippen molar-refractivity contribution in [1.29, 1.82) is 0 Å². The van der Waals surface area contributed by atoms with Gasteiger partial charge < -0.3 is 15.0 Å². The van der Waals surface area contributed by atoms with Gasteiger partial charge in [0.25, 0.3) is 0 Å². The monoisotopic (exact) mass is 384 g/mol. The lowest BCUT2D eigenvalue weighted by molar-refractivity contribution is 0.415. The van der Waals surface area contributed by atoms with Gasteiger partial charge in [-0.1, -0.05) is 35.9 Å². The minimum atomic E-state index is 0.653. The van der Waals surface area contributed by atoms with Crippen LogP contribution in [0.5, 0.6) is 5.75 Å². The van der Waals surface area contributed by atoms with E-state index < -0.39 is 0 Å². The van der Waals surface area contributed by atoms with Crippen molar-refractivity contribution in [1.82, 2.24) is 4.90 Å². The Kier molecular flexibility index (Phi) is 5.64. The van der Waals surface area contributed by atoms with E-state index in [0.717, 1.165) is 27.4 Å². The lowest BCUT2D eigenvalue weighted by atomic mass is 10.1. The van der Waals surface area contributed by atoms with Crippen LogP contribution in [0.3, 0.4) is 0 Å². The van der Waals surface area contributed by atoms with Gasteiger partial charge in [0.15, 0.2) is 5.11 Å². The lowest BCUT2D eigenvalue weighted by Crippen LogP contribution is -2.30. The van der Waals surface area contributed by atoms with Crippen LogP contribution in [-0.2, 0) is 6.54 Å². The van der Waals surface area contributed by atoms with E-state index in [0.29, 0.717) is 11.7 Å². The summed E-state index contributed by atoms with van der Waals surface area (Å²) in [7, 11) is 3.66. The van der Waals surface area contributed by atoms with E-state index >= 15 is 0 Å². The van der Waals surface area contributed by atoms with E-state index in [1.807, 2.05) is 49.2 Å². The number of halogens is 1. The van der Waals surface area contributed by atoms with E-state index in [2.05, 4.69) is 29.6 Å². The fourth-order valence-electron chi connectivity index (χ4n) is 2.73. The minimum Gasteiger partial charge on any atom is -0.497 e. The lowest BCUT2D eigenvalue weighted by Gasteiger charge is -2.21. The van der Waals surface area contributed by atoms with Gasteiger partial charge in [0.2, 0.25) is 0 Å². The number of methoxy groups -OCH3 is 1. The number of thiocarbonyl (C=S) groups is 1. The average molecular weight is 385 g/mol. The molecule has 0 heterocycles. The van der Waals surface area contributed by atoms with Crippen LogP contribution in [0.4, 0.5) is 5.69 Å². The Morgan fingerprint density at radius 2 is 1.81 bits per heavy atom. The molecule has 0 aliphatic carbocycles. The highest BCUT2D eigenvalue weighted by molar-refractivity contribution is 7.80. The highest BCUT2D eigenvalue weighted by atomic mass is 35.5. The molecule has 0 spiro atoms. The second-order valence-corrected chi connectivity index (χ2v) is 7.09. The molecule has 0 amide bonds. The van der Waals surface area contributed by atoms with Crippen molar-refractivity contribution in [3.8, 4) is 5.75 Å². The van der Waals surface area contributed by atoms with Crippen molar-refractivity contribution in [3.05, 3.63) is 70.7 Å². The summed E-state index contributed by atoms with van der Waals surface area (Å²) in [5.74, 6) is 0.865. The third-order valence-corrected chi connectivity index (χ3v) is 5.12. The average Bonchev–Trinajstić information content (AvgIpc) is 2.64. The smallest absolute Gasteiger partial charge is 0.173 e. The summed E-state index contributed by atoms with van der Waals surface area (Å²) >= 11 is 11.7. The van der Waals surface area contributed by atoms with Gasteiger partial charge in [0, 0.05) is 24.3 Å². The first-order chi connectivity index (χ1) is 12.5. The summed E-state index contributed by atoms with van der Waals surface area (Å²) in [5, 5.41) is 6.96. The molecular weight excluding hydrogens is 364 g/mol. The van der Waals surface area contributed by atoms with E-state index in [9.17, 15) is 0 Å². The highest BCUT2D eigenvalue weighted by Crippen LogP contribution is 2.23. The molecule has 0 bridgehead atoms. The van der Waals surface area contributed by atoms with E-state index in [1.54, 1.807) is 7.11 Å². The molecule has 0 aromatic heterocycles. The molecule has 0 unspecified atom stereocenters. The molecule has 0 radical (unpaired) electrons. The maximum Gasteiger partial charge on any atom is 0.173 e. The Morgan fingerprint density at radius 3 is 2.54 bits per heavy atom. The Bertz CT molecular complexity index is 958. The summed E-state index contributed by atoms with van der Waals surface area (Å²) in [5.41, 5.74) is 3.13. The summed E-state index contributed by atoms with van der Waals surface area (Å²) in [6.45, 7) is 2.69. The zero-order valence-electron chi connectivity index (χ0n) is 15.0. The van der Waals surface area contributed by atoms with E-state index in [4.69, 9.17) is 28.6 Å². The van der Waals surface area contributed by atoms with Gasteiger partial charge in [0.05, 0.1) is 7.11 Å². The number of nitrogens with zero attached hydrogens (tertiary/aromatic N) is 1. The molecule has 134 valence electrons. The number of fused-ring (bicyclic) bond motifs is 1. The van der Waals surface area contributed by atoms with Crippen LogP contribution < -0.4 is 10.1 Å². The molecule has 0 atom stereocenters. The van der Waals surface area contributed by atoms with Crippen LogP contribution >= 0.6 is 23.8 Å². The standard InChI is InChI=1S/C21H21ClN2OS/c1-14-4-8-18(12-20(14)22)23-21(26)24(2)13-15-5-6-17-11-19(25-3)9-7-16(17)10-15/h4-12H,13H2,1-3H3,(H,23,26). The van der Waals surface area contributed by atoms with Gasteiger partial charge in [-0.2, -0.15) is 0 Å². The fourth-order valence-corrected chi connectivity index (χ4v) is 3.10. The van der Waals surface area contributed by atoms with Crippen molar-refractivity contribution in [3.63, 3.8) is 0 Å². The SMILES string of the molecule is COc1ccc2cc(CN(C)C(=S)Nc3ccc(C)c(Cl)c3)ccc2c1. The van der Waals surface area contributed by atoms with Gasteiger partial charge in [-0.15, -0.1) is 0 Å². The van der Waals surface area contributed by atoms with Crippen molar-refractivity contribution in [2.45, 2.75) is 13.5 Å². The number of benzene rings is 3. The minimum absolute atomic E-state index is 0.653. The third kappa shape index (κ3) is 4.26. The summed E-state index contributed by atoms with van der Waals surface area (Å²) in [6.07, 6.45) is 0. The van der Waals surface area contributed by atoms with Crippen LogP contribution in [0.15, 0.2) is 54.6 Å². The second-order valence-electron chi connectivity index (χ2n) is 6.30. The van der Waals surface area contributed by atoms with Gasteiger partial charge in [-0.05, 0) is 71.4 Å². The number of hydrogen-bond acceptors (Lipinski definition) is 2. The maximum absolute atomic E-state index is 6.18. The highest BCUT2D eigenvalue weighted by Gasteiger charge is 2.08. The van der Waals surface area contributed by atoms with Crippen LogP contribution in [0.25, 0.3) is 10.8 Å². The van der Waals surface area contributed by atoms with Gasteiger partial charge in [0.1, 0.15) is 5.75 Å². The number of anilines is 1. The van der Waals surface area contributed by atoms with Gasteiger partial charge >= 0.3 is 0 Å². The quantitative estimate of drug-likeness (QED) is 0.588. The number of ether oxygens (including phenoxy) is 1. The predicted molar refractivity (Wildman–Crippen MR) is 114 cm³/mol. The first-order valence-electron chi connectivity index (χ1n) is 8.31. The third-order valence-electron chi connectivity index (χ3n) is 4.30. The van der Waals surface area contributed by atoms with Crippen LogP contribution in [-0.4, -0.2) is 24.2 Å². The summed E-state index contributed by atoms with van der Waals surface area (Å²) < 4.78 is 5.28. The normalized spacial score (nSPS) is 10.6. The Balaban J connectivity index is 1.70. The molecule has 0 aliphatic heterocycles. The zero-order chi connectivity index (χ0) is 18.7. The summed E-state index contributed by atoms with van der Waals surface area (Å²) in [4.78, 5) is 2.01. The number of aryl methyl sites for hydroxylation is 1. The summed E-state index contributed by atoms with van der Waals surface area (Å²) in [6, 6.07) is 18.3. The maximum atomic E-state index is 6.18. The fraction of sp³-hybridized carbons (Fsp3) is 0.190. The van der Waals surface area contributed by atoms with E-state index in [-0.39, 0.29) is 0 Å². The molecule has 1 N–H and O–H groups in total. The molecular formula is C21H21ClN2OS. The Morgan fingerprint density at radius 1 is 1.08 bits per heavy atom. The number of hydrogen-bond donors (Lipinski definition) is 1. The molecule has 0 aliphatic rings. The van der Waals surface area contributed by atoms with Gasteiger partial charge in [-0.3, -0.25) is 0 Å². The first kappa shape index (κ1) is 18.5. The zero-order valence-corrected chi connectivity index (χ0v) is 16.6. The first-order valence-corrected chi connectivity index (χ1v) is 9.10. The largest absolute Gasteiger partial charge is 0.497 e. The molecule has 3 aromatic carbocycles. The van der Waals surface area contributed by atoms with Crippen molar-refractivity contribution in [2.75, 3.05) is 19.5 Å².